The Morgan fingerprint density at radius 1 is 1.26 bits per heavy atom. The molecule has 0 aliphatic heterocycles. The number of aromatic nitrogens is 1. The maximum Gasteiger partial charge on any atom is 0.224 e. The van der Waals surface area contributed by atoms with E-state index in [0.29, 0.717) is 6.42 Å². The summed E-state index contributed by atoms with van der Waals surface area (Å²) in [6.45, 7) is 6.20. The molecule has 0 saturated heterocycles. The van der Waals surface area contributed by atoms with Crippen LogP contribution in [-0.2, 0) is 11.2 Å². The van der Waals surface area contributed by atoms with Crippen molar-refractivity contribution in [3.63, 3.8) is 0 Å². The molecule has 1 amide bonds. The fourth-order valence-corrected chi connectivity index (χ4v) is 2.57. The predicted molar refractivity (Wildman–Crippen MR) is 91.4 cm³/mol. The van der Waals surface area contributed by atoms with Crippen molar-refractivity contribution in [2.45, 2.75) is 33.2 Å². The normalized spacial score (nSPS) is 12.0. The highest BCUT2D eigenvalue weighted by atomic mass is 16.5. The third kappa shape index (κ3) is 4.55. The van der Waals surface area contributed by atoms with Crippen LogP contribution in [0, 0.1) is 12.8 Å². The van der Waals surface area contributed by atoms with Crippen LogP contribution in [0.3, 0.4) is 0 Å². The first-order valence-corrected chi connectivity index (χ1v) is 7.85. The number of ether oxygens (including phenoxy) is 1. The Kier molecular flexibility index (Phi) is 5.74. The monoisotopic (exact) mass is 312 g/mol. The minimum Gasteiger partial charge on any atom is -0.497 e. The predicted octanol–water partition coefficient (Wildman–Crippen LogP) is 3.45. The van der Waals surface area contributed by atoms with E-state index in [4.69, 9.17) is 4.74 Å². The standard InChI is InChI=1S/C19H24N2O2/c1-13(2)18(19-14(3)7-6-10-20-19)21-17(22)12-15-8-5-9-16(11-15)23-4/h5-11,13,18H,12H2,1-4H3,(H,21,22). The summed E-state index contributed by atoms with van der Waals surface area (Å²) in [6.07, 6.45) is 2.10. The Morgan fingerprint density at radius 3 is 2.70 bits per heavy atom. The lowest BCUT2D eigenvalue weighted by molar-refractivity contribution is -0.121. The third-order valence-corrected chi connectivity index (χ3v) is 3.83. The SMILES string of the molecule is COc1cccc(CC(=O)NC(c2ncccc2C)C(C)C)c1. The van der Waals surface area contributed by atoms with Gasteiger partial charge in [-0.3, -0.25) is 9.78 Å². The van der Waals surface area contributed by atoms with Gasteiger partial charge in [-0.05, 0) is 42.2 Å². The van der Waals surface area contributed by atoms with Crippen molar-refractivity contribution in [1.82, 2.24) is 10.3 Å². The first-order chi connectivity index (χ1) is 11.0. The molecule has 0 spiro atoms. The van der Waals surface area contributed by atoms with Gasteiger partial charge in [0.25, 0.3) is 0 Å². The molecule has 1 heterocycles. The highest BCUT2D eigenvalue weighted by molar-refractivity contribution is 5.79. The number of carbonyl (C=O) groups is 1. The third-order valence-electron chi connectivity index (χ3n) is 3.83. The van der Waals surface area contributed by atoms with E-state index in [1.807, 2.05) is 43.3 Å². The average Bonchev–Trinajstić information content (AvgIpc) is 2.53. The zero-order valence-electron chi connectivity index (χ0n) is 14.2. The van der Waals surface area contributed by atoms with Gasteiger partial charge in [0.15, 0.2) is 0 Å². The van der Waals surface area contributed by atoms with Crippen LogP contribution in [0.4, 0.5) is 0 Å². The van der Waals surface area contributed by atoms with E-state index in [1.165, 1.54) is 0 Å². The number of hydrogen-bond donors (Lipinski definition) is 1. The molecular weight excluding hydrogens is 288 g/mol. The molecule has 1 unspecified atom stereocenters. The number of hydrogen-bond acceptors (Lipinski definition) is 3. The van der Waals surface area contributed by atoms with E-state index in [-0.39, 0.29) is 17.9 Å². The molecule has 0 radical (unpaired) electrons. The molecule has 0 aliphatic carbocycles. The van der Waals surface area contributed by atoms with E-state index in [1.54, 1.807) is 13.3 Å². The Hall–Kier alpha value is -2.36. The van der Waals surface area contributed by atoms with Gasteiger partial charge in [-0.2, -0.15) is 0 Å². The quantitative estimate of drug-likeness (QED) is 0.889. The van der Waals surface area contributed by atoms with Crippen molar-refractivity contribution in [3.8, 4) is 5.75 Å². The maximum absolute atomic E-state index is 12.4. The molecule has 122 valence electrons. The minimum atomic E-state index is -0.0886. The lowest BCUT2D eigenvalue weighted by atomic mass is 9.97. The molecule has 0 aliphatic rings. The molecule has 0 saturated carbocycles. The fourth-order valence-electron chi connectivity index (χ4n) is 2.57. The topological polar surface area (TPSA) is 51.2 Å². The number of aryl methyl sites for hydroxylation is 1. The second kappa shape index (κ2) is 7.77. The summed E-state index contributed by atoms with van der Waals surface area (Å²) >= 11 is 0. The number of carbonyl (C=O) groups excluding carboxylic acids is 1. The lowest BCUT2D eigenvalue weighted by Crippen LogP contribution is -2.33. The molecule has 1 atom stereocenters. The minimum absolute atomic E-state index is 0.0120. The Bertz CT molecular complexity index is 668. The Balaban J connectivity index is 2.11. The van der Waals surface area contributed by atoms with Crippen molar-refractivity contribution in [1.29, 1.82) is 0 Å². The highest BCUT2D eigenvalue weighted by Crippen LogP contribution is 2.23. The number of benzene rings is 1. The van der Waals surface area contributed by atoms with Gasteiger partial charge in [-0.1, -0.05) is 32.0 Å². The summed E-state index contributed by atoms with van der Waals surface area (Å²) in [5.41, 5.74) is 2.96. The lowest BCUT2D eigenvalue weighted by Gasteiger charge is -2.23. The van der Waals surface area contributed by atoms with Crippen LogP contribution in [-0.4, -0.2) is 18.0 Å². The molecular formula is C19H24N2O2. The second-order valence-electron chi connectivity index (χ2n) is 6.02. The Morgan fingerprint density at radius 2 is 2.04 bits per heavy atom. The summed E-state index contributed by atoms with van der Waals surface area (Å²) in [4.78, 5) is 16.9. The smallest absolute Gasteiger partial charge is 0.224 e. The van der Waals surface area contributed by atoms with Crippen molar-refractivity contribution in [2.75, 3.05) is 7.11 Å². The van der Waals surface area contributed by atoms with Gasteiger partial charge in [0.2, 0.25) is 5.91 Å². The van der Waals surface area contributed by atoms with Gasteiger partial charge in [-0.15, -0.1) is 0 Å². The summed E-state index contributed by atoms with van der Waals surface area (Å²) in [5, 5.41) is 3.12. The van der Waals surface area contributed by atoms with E-state index in [2.05, 4.69) is 24.1 Å². The van der Waals surface area contributed by atoms with Crippen molar-refractivity contribution < 1.29 is 9.53 Å². The molecule has 23 heavy (non-hydrogen) atoms. The number of rotatable bonds is 6. The van der Waals surface area contributed by atoms with E-state index < -0.39 is 0 Å². The van der Waals surface area contributed by atoms with Gasteiger partial charge >= 0.3 is 0 Å². The Labute approximate surface area is 137 Å². The summed E-state index contributed by atoms with van der Waals surface area (Å²) in [6, 6.07) is 11.4. The van der Waals surface area contributed by atoms with Crippen LogP contribution in [0.5, 0.6) is 5.75 Å². The molecule has 0 bridgehead atoms. The van der Waals surface area contributed by atoms with E-state index in [9.17, 15) is 4.79 Å². The van der Waals surface area contributed by atoms with Crippen molar-refractivity contribution in [2.24, 2.45) is 5.92 Å². The molecule has 2 rings (SSSR count). The van der Waals surface area contributed by atoms with Gasteiger partial charge in [0, 0.05) is 6.20 Å². The van der Waals surface area contributed by atoms with Crippen LogP contribution in [0.1, 0.15) is 36.7 Å². The maximum atomic E-state index is 12.4. The van der Waals surface area contributed by atoms with Gasteiger partial charge in [0.1, 0.15) is 5.75 Å². The van der Waals surface area contributed by atoms with E-state index >= 15 is 0 Å². The van der Waals surface area contributed by atoms with Gasteiger partial charge in [0.05, 0.1) is 25.3 Å². The average molecular weight is 312 g/mol. The highest BCUT2D eigenvalue weighted by Gasteiger charge is 2.21. The molecule has 1 N–H and O–H groups in total. The summed E-state index contributed by atoms with van der Waals surface area (Å²) in [5.74, 6) is 1.01. The van der Waals surface area contributed by atoms with Crippen LogP contribution in [0.25, 0.3) is 0 Å². The van der Waals surface area contributed by atoms with Crippen molar-refractivity contribution >= 4 is 5.91 Å². The molecule has 0 fully saturated rings. The number of nitrogens with zero attached hydrogens (tertiary/aromatic N) is 1. The van der Waals surface area contributed by atoms with E-state index in [0.717, 1.165) is 22.6 Å². The zero-order valence-corrected chi connectivity index (χ0v) is 14.2. The molecule has 4 heteroatoms. The van der Waals surface area contributed by atoms with Crippen molar-refractivity contribution in [3.05, 3.63) is 59.4 Å². The fraction of sp³-hybridized carbons (Fsp3) is 0.368. The number of nitrogens with one attached hydrogen (secondary N) is 1. The summed E-state index contributed by atoms with van der Waals surface area (Å²) < 4.78 is 5.20. The molecule has 1 aromatic carbocycles. The first kappa shape index (κ1) is 17.0. The summed E-state index contributed by atoms with van der Waals surface area (Å²) in [7, 11) is 1.62. The molecule has 1 aromatic heterocycles. The van der Waals surface area contributed by atoms with Gasteiger partial charge in [-0.25, -0.2) is 0 Å². The largest absolute Gasteiger partial charge is 0.497 e. The number of amides is 1. The van der Waals surface area contributed by atoms with Crippen LogP contribution >= 0.6 is 0 Å². The van der Waals surface area contributed by atoms with Crippen LogP contribution in [0.15, 0.2) is 42.6 Å². The molecule has 2 aromatic rings. The van der Waals surface area contributed by atoms with Crippen LogP contribution in [0.2, 0.25) is 0 Å². The first-order valence-electron chi connectivity index (χ1n) is 7.85. The number of methoxy groups -OCH3 is 1. The van der Waals surface area contributed by atoms with Crippen LogP contribution < -0.4 is 10.1 Å². The number of pyridine rings is 1. The zero-order chi connectivity index (χ0) is 16.8. The molecule has 4 nitrogen and oxygen atoms in total. The second-order valence-corrected chi connectivity index (χ2v) is 6.02. The van der Waals surface area contributed by atoms with Gasteiger partial charge < -0.3 is 10.1 Å².